The van der Waals surface area contributed by atoms with E-state index in [2.05, 4.69) is 5.32 Å². The highest BCUT2D eigenvalue weighted by molar-refractivity contribution is 5.37. The summed E-state index contributed by atoms with van der Waals surface area (Å²) >= 11 is 0. The maximum atomic E-state index is 12.6. The molecule has 21 heavy (non-hydrogen) atoms. The first kappa shape index (κ1) is 15.9. The van der Waals surface area contributed by atoms with Crippen LogP contribution in [0.15, 0.2) is 18.2 Å². The van der Waals surface area contributed by atoms with Gasteiger partial charge in [-0.25, -0.2) is 0 Å². The molecule has 1 heterocycles. The fourth-order valence-corrected chi connectivity index (χ4v) is 2.11. The van der Waals surface area contributed by atoms with Crippen molar-refractivity contribution < 1.29 is 31.1 Å². The van der Waals surface area contributed by atoms with E-state index < -0.39 is 29.2 Å². The average Bonchev–Trinajstić information content (AvgIpc) is 2.87. The van der Waals surface area contributed by atoms with Gasteiger partial charge in [-0.1, -0.05) is 0 Å². The quantitative estimate of drug-likeness (QED) is 0.856. The maximum Gasteiger partial charge on any atom is 0.416 e. The summed E-state index contributed by atoms with van der Waals surface area (Å²) in [7, 11) is 0. The Balaban J connectivity index is 2.22. The lowest BCUT2D eigenvalue weighted by atomic mass is 10.1. The van der Waals surface area contributed by atoms with Gasteiger partial charge < -0.3 is 10.1 Å². The second kappa shape index (κ2) is 5.75. The average molecular weight is 313 g/mol. The zero-order chi connectivity index (χ0) is 15.7. The van der Waals surface area contributed by atoms with Crippen LogP contribution < -0.4 is 10.1 Å². The number of hydrogen-bond acceptors (Lipinski definition) is 2. The summed E-state index contributed by atoms with van der Waals surface area (Å²) in [6, 6.07) is 1.21. The summed E-state index contributed by atoms with van der Waals surface area (Å²) in [4.78, 5) is 0. The Labute approximate surface area is 117 Å². The molecule has 1 fully saturated rings. The zero-order valence-electron chi connectivity index (χ0n) is 10.8. The Morgan fingerprint density at radius 2 is 1.57 bits per heavy atom. The minimum Gasteiger partial charge on any atom is -0.492 e. The van der Waals surface area contributed by atoms with Crippen molar-refractivity contribution in [2.45, 2.75) is 31.2 Å². The second-order valence-electron chi connectivity index (χ2n) is 4.85. The van der Waals surface area contributed by atoms with Gasteiger partial charge in [0, 0.05) is 6.04 Å². The molecule has 0 radical (unpaired) electrons. The third-order valence-corrected chi connectivity index (χ3v) is 3.17. The highest BCUT2D eigenvalue weighted by atomic mass is 19.4. The predicted molar refractivity (Wildman–Crippen MR) is 63.0 cm³/mol. The van der Waals surface area contributed by atoms with Gasteiger partial charge in [0.2, 0.25) is 0 Å². The molecule has 8 heteroatoms. The molecule has 0 saturated carbocycles. The fraction of sp³-hybridized carbons (Fsp3) is 0.538. The van der Waals surface area contributed by atoms with Gasteiger partial charge >= 0.3 is 12.4 Å². The van der Waals surface area contributed by atoms with Gasteiger partial charge in [-0.05, 0) is 37.6 Å². The van der Waals surface area contributed by atoms with Crippen molar-refractivity contribution in [1.82, 2.24) is 5.32 Å². The maximum absolute atomic E-state index is 12.6. The Bertz CT molecular complexity index is 458. The number of rotatable bonds is 3. The first-order chi connectivity index (χ1) is 9.66. The second-order valence-corrected chi connectivity index (χ2v) is 4.85. The number of nitrogens with one attached hydrogen (secondary N) is 1. The van der Waals surface area contributed by atoms with Gasteiger partial charge in [-0.3, -0.25) is 0 Å². The van der Waals surface area contributed by atoms with Crippen LogP contribution in [0.1, 0.15) is 24.0 Å². The molecule has 1 N–H and O–H groups in total. The predicted octanol–water partition coefficient (Wildman–Crippen LogP) is 3.86. The molecule has 1 unspecified atom stereocenters. The van der Waals surface area contributed by atoms with Crippen molar-refractivity contribution >= 4 is 0 Å². The van der Waals surface area contributed by atoms with E-state index in [1.807, 2.05) is 0 Å². The Kier molecular flexibility index (Phi) is 4.36. The van der Waals surface area contributed by atoms with Crippen LogP contribution in [0.25, 0.3) is 0 Å². The van der Waals surface area contributed by atoms with E-state index in [4.69, 9.17) is 4.74 Å². The lowest BCUT2D eigenvalue weighted by molar-refractivity contribution is -0.143. The molecule has 1 aromatic carbocycles. The molecule has 1 saturated heterocycles. The van der Waals surface area contributed by atoms with Crippen molar-refractivity contribution in [2.24, 2.45) is 0 Å². The minimum atomic E-state index is -4.86. The van der Waals surface area contributed by atoms with E-state index in [0.717, 1.165) is 19.4 Å². The molecule has 0 spiro atoms. The van der Waals surface area contributed by atoms with Gasteiger partial charge in [0.25, 0.3) is 0 Å². The molecule has 2 nitrogen and oxygen atoms in total. The Morgan fingerprint density at radius 3 is 2.00 bits per heavy atom. The van der Waals surface area contributed by atoms with E-state index in [-0.39, 0.29) is 18.7 Å². The highest BCUT2D eigenvalue weighted by Crippen LogP contribution is 2.38. The Morgan fingerprint density at radius 1 is 1.00 bits per heavy atom. The third-order valence-electron chi connectivity index (χ3n) is 3.17. The smallest absolute Gasteiger partial charge is 0.416 e. The van der Waals surface area contributed by atoms with Gasteiger partial charge in [0.1, 0.15) is 12.4 Å². The SMILES string of the molecule is FC(F)(F)c1cc(OCC2CCCN2)cc(C(F)(F)F)c1. The van der Waals surface area contributed by atoms with Gasteiger partial charge in [-0.2, -0.15) is 26.3 Å². The molecule has 0 aromatic heterocycles. The summed E-state index contributed by atoms with van der Waals surface area (Å²) in [5, 5.41) is 3.05. The molecular weight excluding hydrogens is 300 g/mol. The largest absolute Gasteiger partial charge is 0.492 e. The lowest BCUT2D eigenvalue weighted by Gasteiger charge is -2.16. The van der Waals surface area contributed by atoms with Crippen LogP contribution in [0.3, 0.4) is 0 Å². The van der Waals surface area contributed by atoms with Crippen LogP contribution in [0, 0.1) is 0 Å². The molecule has 1 aliphatic rings. The molecule has 118 valence electrons. The summed E-state index contributed by atoms with van der Waals surface area (Å²) in [6.07, 6.45) is -8.02. The molecule has 0 aliphatic carbocycles. The normalized spacial score (nSPS) is 19.8. The van der Waals surface area contributed by atoms with Gasteiger partial charge in [0.15, 0.2) is 0 Å². The van der Waals surface area contributed by atoms with Crippen LogP contribution in [0.4, 0.5) is 26.3 Å². The highest BCUT2D eigenvalue weighted by Gasteiger charge is 2.37. The zero-order valence-corrected chi connectivity index (χ0v) is 10.8. The fourth-order valence-electron chi connectivity index (χ4n) is 2.11. The van der Waals surface area contributed by atoms with Crippen LogP contribution in [-0.2, 0) is 12.4 Å². The third kappa shape index (κ3) is 4.26. The summed E-state index contributed by atoms with van der Waals surface area (Å²) < 4.78 is 81.0. The van der Waals surface area contributed by atoms with Crippen LogP contribution in [0.2, 0.25) is 0 Å². The molecule has 0 bridgehead atoms. The van der Waals surface area contributed by atoms with E-state index in [1.54, 1.807) is 0 Å². The number of halogens is 6. The van der Waals surface area contributed by atoms with E-state index in [9.17, 15) is 26.3 Å². The molecule has 1 aliphatic heterocycles. The van der Waals surface area contributed by atoms with E-state index in [1.165, 1.54) is 0 Å². The minimum absolute atomic E-state index is 0.0403. The first-order valence-corrected chi connectivity index (χ1v) is 6.32. The van der Waals surface area contributed by atoms with Crippen LogP contribution in [0.5, 0.6) is 5.75 Å². The molecular formula is C13H13F6NO. The van der Waals surface area contributed by atoms with Crippen molar-refractivity contribution in [3.63, 3.8) is 0 Å². The van der Waals surface area contributed by atoms with Crippen LogP contribution in [-0.4, -0.2) is 19.2 Å². The number of benzene rings is 1. The molecule has 1 aromatic rings. The Hall–Kier alpha value is -1.44. The standard InChI is InChI=1S/C13H13F6NO/c14-12(15,16)8-4-9(13(17,18)19)6-11(5-8)21-7-10-2-1-3-20-10/h4-6,10,20H,1-3,7H2. The van der Waals surface area contributed by atoms with E-state index in [0.29, 0.717) is 12.1 Å². The summed E-state index contributed by atoms with van der Waals surface area (Å²) in [6.45, 7) is 0.809. The van der Waals surface area contributed by atoms with Crippen molar-refractivity contribution in [2.75, 3.05) is 13.2 Å². The molecule has 2 rings (SSSR count). The molecule has 1 atom stereocenters. The monoisotopic (exact) mass is 313 g/mol. The van der Waals surface area contributed by atoms with Crippen molar-refractivity contribution in [3.05, 3.63) is 29.3 Å². The van der Waals surface area contributed by atoms with Crippen LogP contribution >= 0.6 is 0 Å². The topological polar surface area (TPSA) is 21.3 Å². The molecule has 0 amide bonds. The summed E-state index contributed by atoms with van der Waals surface area (Å²) in [5.41, 5.74) is -2.74. The van der Waals surface area contributed by atoms with Gasteiger partial charge in [-0.15, -0.1) is 0 Å². The number of hydrogen-bond donors (Lipinski definition) is 1. The van der Waals surface area contributed by atoms with E-state index >= 15 is 0 Å². The van der Waals surface area contributed by atoms with Crippen molar-refractivity contribution in [3.8, 4) is 5.75 Å². The first-order valence-electron chi connectivity index (χ1n) is 6.32. The number of ether oxygens (including phenoxy) is 1. The number of alkyl halides is 6. The lowest BCUT2D eigenvalue weighted by Crippen LogP contribution is -2.28. The van der Waals surface area contributed by atoms with Gasteiger partial charge in [0.05, 0.1) is 11.1 Å². The summed E-state index contributed by atoms with van der Waals surface area (Å²) in [5.74, 6) is -0.425. The van der Waals surface area contributed by atoms with Crippen molar-refractivity contribution in [1.29, 1.82) is 0 Å².